The van der Waals surface area contributed by atoms with Gasteiger partial charge >= 0.3 is 6.18 Å². The number of rotatable bonds is 4. The first-order valence-corrected chi connectivity index (χ1v) is 5.12. The van der Waals surface area contributed by atoms with Gasteiger partial charge in [-0.1, -0.05) is 12.1 Å². The van der Waals surface area contributed by atoms with Crippen LogP contribution in [0, 0.1) is 0 Å². The van der Waals surface area contributed by atoms with Gasteiger partial charge in [-0.05, 0) is 24.6 Å². The minimum absolute atomic E-state index is 0. The van der Waals surface area contributed by atoms with Crippen LogP contribution in [-0.4, -0.2) is 18.2 Å². The molecule has 0 saturated carbocycles. The topological polar surface area (TPSA) is 36.8 Å². The van der Waals surface area contributed by atoms with E-state index in [1.165, 1.54) is 12.1 Å². The Morgan fingerprint density at radius 3 is 2.53 bits per heavy atom. The molecule has 0 saturated heterocycles. The van der Waals surface area contributed by atoms with E-state index in [9.17, 15) is 18.3 Å². The summed E-state index contributed by atoms with van der Waals surface area (Å²) >= 11 is 0. The van der Waals surface area contributed by atoms with Crippen LogP contribution in [0.25, 0.3) is 0 Å². The first kappa shape index (κ1) is 16.2. The highest BCUT2D eigenvalue weighted by Gasteiger charge is 2.30. The van der Waals surface area contributed by atoms with Crippen molar-refractivity contribution in [2.75, 3.05) is 13.1 Å². The van der Waals surface area contributed by atoms with Crippen LogP contribution in [0.1, 0.15) is 24.2 Å². The van der Waals surface area contributed by atoms with Crippen molar-refractivity contribution in [3.8, 4) is 0 Å². The van der Waals surface area contributed by atoms with Crippen molar-refractivity contribution in [3.05, 3.63) is 35.4 Å². The lowest BCUT2D eigenvalue weighted by Crippen LogP contribution is -3.00. The van der Waals surface area contributed by atoms with Gasteiger partial charge in [0, 0.05) is 0 Å². The summed E-state index contributed by atoms with van der Waals surface area (Å²) in [5, 5.41) is 11.5. The Labute approximate surface area is 104 Å². The first-order chi connectivity index (χ1) is 7.45. The third-order valence-corrected chi connectivity index (χ3v) is 2.28. The zero-order valence-corrected chi connectivity index (χ0v) is 10.1. The average molecular weight is 270 g/mol. The van der Waals surface area contributed by atoms with Crippen molar-refractivity contribution in [2.24, 2.45) is 0 Å². The molecule has 98 valence electrons. The molecule has 0 aromatic heterocycles. The highest BCUT2D eigenvalue weighted by Crippen LogP contribution is 2.30. The second-order valence-corrected chi connectivity index (χ2v) is 3.57. The molecular weight excluding hydrogens is 255 g/mol. The molecule has 0 radical (unpaired) electrons. The standard InChI is InChI=1S/C11H14F3NO.ClH/c1-2-15-7-10(16)8-4-3-5-9(6-8)11(12,13)14;/h3-6,10,15-16H,2,7H2,1H3;1H. The summed E-state index contributed by atoms with van der Waals surface area (Å²) in [6.45, 7) is 3.08. The van der Waals surface area contributed by atoms with E-state index in [1.807, 2.05) is 12.2 Å². The molecule has 6 heteroatoms. The van der Waals surface area contributed by atoms with Crippen LogP contribution < -0.4 is 17.7 Å². The molecule has 0 bridgehead atoms. The zero-order valence-electron chi connectivity index (χ0n) is 9.34. The van der Waals surface area contributed by atoms with Crippen molar-refractivity contribution in [1.29, 1.82) is 0 Å². The minimum Gasteiger partial charge on any atom is -1.00 e. The molecule has 0 heterocycles. The van der Waals surface area contributed by atoms with Gasteiger partial charge in [-0.2, -0.15) is 13.2 Å². The van der Waals surface area contributed by atoms with Gasteiger partial charge in [-0.3, -0.25) is 0 Å². The first-order valence-electron chi connectivity index (χ1n) is 5.12. The quantitative estimate of drug-likeness (QED) is 0.674. The summed E-state index contributed by atoms with van der Waals surface area (Å²) in [7, 11) is 0. The fourth-order valence-electron chi connectivity index (χ4n) is 1.38. The number of likely N-dealkylation sites (N-methyl/N-ethyl adjacent to an activating group) is 1. The van der Waals surface area contributed by atoms with E-state index >= 15 is 0 Å². The molecule has 0 amide bonds. The number of quaternary nitrogens is 1. The largest absolute Gasteiger partial charge is 1.00 e. The summed E-state index contributed by atoms with van der Waals surface area (Å²) < 4.78 is 37.2. The fourth-order valence-corrected chi connectivity index (χ4v) is 1.38. The lowest BCUT2D eigenvalue weighted by atomic mass is 10.1. The minimum atomic E-state index is -4.36. The Bertz CT molecular complexity index is 344. The Kier molecular flexibility index (Phi) is 6.52. The van der Waals surface area contributed by atoms with Gasteiger partial charge in [0.25, 0.3) is 0 Å². The molecule has 1 aromatic rings. The Balaban J connectivity index is 0.00000256. The molecular formula is C11H15ClF3NO. The van der Waals surface area contributed by atoms with Gasteiger partial charge in [-0.15, -0.1) is 0 Å². The van der Waals surface area contributed by atoms with Crippen molar-refractivity contribution in [3.63, 3.8) is 0 Å². The predicted octanol–water partition coefficient (Wildman–Crippen LogP) is -1.67. The van der Waals surface area contributed by atoms with Crippen molar-refractivity contribution in [1.82, 2.24) is 0 Å². The number of alkyl halides is 3. The highest BCUT2D eigenvalue weighted by molar-refractivity contribution is 5.27. The monoisotopic (exact) mass is 269 g/mol. The third-order valence-electron chi connectivity index (χ3n) is 2.28. The van der Waals surface area contributed by atoms with Crippen LogP contribution >= 0.6 is 0 Å². The second kappa shape index (κ2) is 6.83. The summed E-state index contributed by atoms with van der Waals surface area (Å²) in [4.78, 5) is 0. The number of benzene rings is 1. The average Bonchev–Trinajstić information content (AvgIpc) is 2.25. The number of aliphatic hydroxyl groups excluding tert-OH is 1. The van der Waals surface area contributed by atoms with E-state index in [2.05, 4.69) is 0 Å². The van der Waals surface area contributed by atoms with Gasteiger partial charge in [-0.25, -0.2) is 0 Å². The molecule has 2 nitrogen and oxygen atoms in total. The maximum absolute atomic E-state index is 12.4. The number of halogens is 4. The molecule has 1 unspecified atom stereocenters. The van der Waals surface area contributed by atoms with Crippen LogP contribution in [0.5, 0.6) is 0 Å². The summed E-state index contributed by atoms with van der Waals surface area (Å²) in [6, 6.07) is 4.81. The van der Waals surface area contributed by atoms with Gasteiger partial charge in [0.1, 0.15) is 12.6 Å². The number of nitrogens with two attached hydrogens (primary N) is 1. The van der Waals surface area contributed by atoms with Crippen molar-refractivity contribution >= 4 is 0 Å². The summed E-state index contributed by atoms with van der Waals surface area (Å²) in [6.07, 6.45) is -5.22. The fraction of sp³-hybridized carbons (Fsp3) is 0.455. The maximum atomic E-state index is 12.4. The van der Waals surface area contributed by atoms with E-state index in [0.29, 0.717) is 12.1 Å². The molecule has 17 heavy (non-hydrogen) atoms. The van der Waals surface area contributed by atoms with E-state index in [1.54, 1.807) is 0 Å². The van der Waals surface area contributed by atoms with Crippen LogP contribution in [0.2, 0.25) is 0 Å². The van der Waals surface area contributed by atoms with Crippen molar-refractivity contribution in [2.45, 2.75) is 19.2 Å². The van der Waals surface area contributed by atoms with Crippen LogP contribution in [0.15, 0.2) is 24.3 Å². The lowest BCUT2D eigenvalue weighted by Gasteiger charge is -2.12. The molecule has 3 N–H and O–H groups in total. The van der Waals surface area contributed by atoms with Crippen LogP contribution in [0.4, 0.5) is 13.2 Å². The maximum Gasteiger partial charge on any atom is 0.416 e. The molecule has 0 aliphatic carbocycles. The molecule has 1 rings (SSSR count). The SMILES string of the molecule is CC[NH2+]CC(O)c1cccc(C(F)(F)F)c1.[Cl-]. The molecule has 1 aromatic carbocycles. The predicted molar refractivity (Wildman–Crippen MR) is 53.7 cm³/mol. The van der Waals surface area contributed by atoms with Crippen LogP contribution in [0.3, 0.4) is 0 Å². The smallest absolute Gasteiger partial charge is 0.416 e. The summed E-state index contributed by atoms with van der Waals surface area (Å²) in [5.74, 6) is 0. The van der Waals surface area contributed by atoms with Gasteiger partial charge in [0.2, 0.25) is 0 Å². The number of aliphatic hydroxyl groups is 1. The Morgan fingerprint density at radius 2 is 2.00 bits per heavy atom. The van der Waals surface area contributed by atoms with Crippen LogP contribution in [-0.2, 0) is 6.18 Å². The van der Waals surface area contributed by atoms with Crippen molar-refractivity contribution < 1.29 is 36.0 Å². The van der Waals surface area contributed by atoms with Gasteiger partial charge in [0.15, 0.2) is 0 Å². The van der Waals surface area contributed by atoms with E-state index in [0.717, 1.165) is 18.7 Å². The Hall–Kier alpha value is -0.780. The zero-order chi connectivity index (χ0) is 12.2. The molecule has 1 atom stereocenters. The second-order valence-electron chi connectivity index (χ2n) is 3.57. The van der Waals surface area contributed by atoms with E-state index < -0.39 is 17.8 Å². The van der Waals surface area contributed by atoms with E-state index in [-0.39, 0.29) is 12.4 Å². The number of hydrogen-bond acceptors (Lipinski definition) is 1. The van der Waals surface area contributed by atoms with Gasteiger partial charge in [0.05, 0.1) is 12.1 Å². The van der Waals surface area contributed by atoms with Gasteiger partial charge < -0.3 is 22.8 Å². The third kappa shape index (κ3) is 4.93. The highest BCUT2D eigenvalue weighted by atomic mass is 35.5. The molecule has 0 aliphatic heterocycles. The Morgan fingerprint density at radius 1 is 1.35 bits per heavy atom. The van der Waals surface area contributed by atoms with E-state index in [4.69, 9.17) is 0 Å². The normalized spacial score (nSPS) is 13.0. The molecule has 0 aliphatic rings. The molecule has 0 spiro atoms. The lowest BCUT2D eigenvalue weighted by molar-refractivity contribution is -0.658. The number of hydrogen-bond donors (Lipinski definition) is 2. The molecule has 0 fully saturated rings. The summed E-state index contributed by atoms with van der Waals surface area (Å²) in [5.41, 5.74) is -0.417.